The van der Waals surface area contributed by atoms with Gasteiger partial charge in [-0.2, -0.15) is 0 Å². The Kier molecular flexibility index (Phi) is 4.83. The van der Waals surface area contributed by atoms with Crippen LogP contribution in [0.25, 0.3) is 0 Å². The highest BCUT2D eigenvalue weighted by Gasteiger charge is 2.49. The molecule has 0 bridgehead atoms. The number of hydrogen-bond acceptors (Lipinski definition) is 5. The van der Waals surface area contributed by atoms with Crippen LogP contribution < -0.4 is 10.6 Å². The van der Waals surface area contributed by atoms with E-state index >= 15 is 0 Å². The Bertz CT molecular complexity index is 976. The van der Waals surface area contributed by atoms with Crippen LogP contribution in [0.4, 0.5) is 16.2 Å². The van der Waals surface area contributed by atoms with E-state index in [2.05, 4.69) is 10.6 Å². The van der Waals surface area contributed by atoms with Crippen LogP contribution in [-0.2, 0) is 15.1 Å². The molecular formula is C19H18N4O5. The monoisotopic (exact) mass is 382 g/mol. The van der Waals surface area contributed by atoms with Crippen molar-refractivity contribution in [2.75, 3.05) is 11.9 Å². The lowest BCUT2D eigenvalue weighted by atomic mass is 9.92. The van der Waals surface area contributed by atoms with Crippen LogP contribution in [0.3, 0.4) is 0 Å². The van der Waals surface area contributed by atoms with E-state index in [0.29, 0.717) is 11.1 Å². The Morgan fingerprint density at radius 2 is 1.89 bits per heavy atom. The number of rotatable bonds is 5. The second-order valence-corrected chi connectivity index (χ2v) is 6.62. The number of imide groups is 1. The Balaban J connectivity index is 1.76. The fourth-order valence-corrected chi connectivity index (χ4v) is 3.00. The maximum Gasteiger partial charge on any atom is 0.325 e. The number of nitro benzene ring substituents is 1. The third-order valence-corrected chi connectivity index (χ3v) is 4.63. The van der Waals surface area contributed by atoms with Crippen molar-refractivity contribution in [1.29, 1.82) is 0 Å². The highest BCUT2D eigenvalue weighted by molar-refractivity contribution is 6.10. The van der Waals surface area contributed by atoms with Crippen LogP contribution in [0.15, 0.2) is 48.5 Å². The van der Waals surface area contributed by atoms with E-state index in [1.807, 2.05) is 0 Å². The van der Waals surface area contributed by atoms with E-state index in [1.54, 1.807) is 44.2 Å². The molecule has 2 aromatic rings. The second kappa shape index (κ2) is 7.10. The number of carbonyl (C=O) groups is 3. The summed E-state index contributed by atoms with van der Waals surface area (Å²) in [5.41, 5.74) is 0.0285. The van der Waals surface area contributed by atoms with Gasteiger partial charge in [-0.15, -0.1) is 0 Å². The Hall–Kier alpha value is -3.75. The number of anilines is 1. The van der Waals surface area contributed by atoms with Crippen LogP contribution in [-0.4, -0.2) is 34.2 Å². The predicted molar refractivity (Wildman–Crippen MR) is 101 cm³/mol. The second-order valence-electron chi connectivity index (χ2n) is 6.62. The minimum absolute atomic E-state index is 0.174. The number of urea groups is 1. The van der Waals surface area contributed by atoms with Gasteiger partial charge in [-0.3, -0.25) is 24.6 Å². The number of benzene rings is 2. The SMILES string of the molecule is Cc1ccc([N+](=O)[O-])cc1NC(=O)CN1C(=O)N[C@@](C)(c2ccccc2)C1=O. The summed E-state index contributed by atoms with van der Waals surface area (Å²) in [6.07, 6.45) is 0. The molecule has 1 aliphatic heterocycles. The smallest absolute Gasteiger partial charge is 0.324 e. The number of amides is 4. The van der Waals surface area contributed by atoms with Gasteiger partial charge in [0.2, 0.25) is 5.91 Å². The van der Waals surface area contributed by atoms with Crippen LogP contribution in [0, 0.1) is 17.0 Å². The summed E-state index contributed by atoms with van der Waals surface area (Å²) >= 11 is 0. The molecule has 2 aromatic carbocycles. The molecule has 4 amide bonds. The summed E-state index contributed by atoms with van der Waals surface area (Å²) in [5.74, 6) is -1.18. The average Bonchev–Trinajstić information content (AvgIpc) is 2.88. The number of nitrogens with one attached hydrogen (secondary N) is 2. The third kappa shape index (κ3) is 3.41. The number of non-ortho nitro benzene ring substituents is 1. The first-order valence-electron chi connectivity index (χ1n) is 8.47. The van der Waals surface area contributed by atoms with Crippen molar-refractivity contribution in [2.45, 2.75) is 19.4 Å². The molecular weight excluding hydrogens is 364 g/mol. The van der Waals surface area contributed by atoms with Gasteiger partial charge in [0.15, 0.2) is 0 Å². The Morgan fingerprint density at radius 1 is 1.21 bits per heavy atom. The first kappa shape index (κ1) is 19.0. The van der Waals surface area contributed by atoms with Crippen LogP contribution in [0.2, 0.25) is 0 Å². The molecule has 1 heterocycles. The lowest BCUT2D eigenvalue weighted by Crippen LogP contribution is -2.42. The number of carbonyl (C=O) groups excluding carboxylic acids is 3. The van der Waals surface area contributed by atoms with Crippen LogP contribution in [0.5, 0.6) is 0 Å². The van der Waals surface area contributed by atoms with Crippen molar-refractivity contribution in [2.24, 2.45) is 0 Å². The summed E-state index contributed by atoms with van der Waals surface area (Å²) in [5, 5.41) is 16.1. The fraction of sp³-hybridized carbons (Fsp3) is 0.211. The van der Waals surface area contributed by atoms with E-state index in [4.69, 9.17) is 0 Å². The van der Waals surface area contributed by atoms with E-state index in [9.17, 15) is 24.5 Å². The molecule has 3 rings (SSSR count). The van der Waals surface area contributed by atoms with Crippen molar-refractivity contribution < 1.29 is 19.3 Å². The summed E-state index contributed by atoms with van der Waals surface area (Å²) in [6.45, 7) is 2.75. The van der Waals surface area contributed by atoms with Gasteiger partial charge in [0.1, 0.15) is 12.1 Å². The van der Waals surface area contributed by atoms with Crippen molar-refractivity contribution >= 4 is 29.2 Å². The van der Waals surface area contributed by atoms with E-state index in [0.717, 1.165) is 4.90 Å². The van der Waals surface area contributed by atoms with Crippen molar-refractivity contribution in [3.05, 3.63) is 69.8 Å². The highest BCUT2D eigenvalue weighted by atomic mass is 16.6. The number of nitrogens with zero attached hydrogens (tertiary/aromatic N) is 2. The number of hydrogen-bond donors (Lipinski definition) is 2. The maximum atomic E-state index is 12.8. The molecule has 1 fully saturated rings. The molecule has 144 valence electrons. The molecule has 1 aliphatic rings. The zero-order chi connectivity index (χ0) is 20.5. The molecule has 0 spiro atoms. The highest BCUT2D eigenvalue weighted by Crippen LogP contribution is 2.28. The van der Waals surface area contributed by atoms with E-state index in [-0.39, 0.29) is 11.4 Å². The van der Waals surface area contributed by atoms with Crippen molar-refractivity contribution in [3.8, 4) is 0 Å². The molecule has 0 unspecified atom stereocenters. The van der Waals surface area contributed by atoms with E-state index in [1.165, 1.54) is 18.2 Å². The van der Waals surface area contributed by atoms with Gasteiger partial charge in [0.05, 0.1) is 10.6 Å². The molecule has 28 heavy (non-hydrogen) atoms. The van der Waals surface area contributed by atoms with Crippen LogP contribution >= 0.6 is 0 Å². The largest absolute Gasteiger partial charge is 0.325 e. The maximum absolute atomic E-state index is 12.8. The standard InChI is InChI=1S/C19H18N4O5/c1-12-8-9-14(23(27)28)10-15(12)20-16(24)11-22-17(25)19(2,21-18(22)26)13-6-4-3-5-7-13/h3-10H,11H2,1-2H3,(H,20,24)(H,21,26)/t19-/m0/s1. The van der Waals surface area contributed by atoms with Gasteiger partial charge in [-0.25, -0.2) is 4.79 Å². The average molecular weight is 382 g/mol. The Morgan fingerprint density at radius 3 is 2.54 bits per heavy atom. The van der Waals surface area contributed by atoms with Crippen molar-refractivity contribution in [1.82, 2.24) is 10.2 Å². The quantitative estimate of drug-likeness (QED) is 0.467. The normalized spacial score (nSPS) is 18.7. The molecule has 0 radical (unpaired) electrons. The lowest BCUT2D eigenvalue weighted by molar-refractivity contribution is -0.384. The molecule has 0 aliphatic carbocycles. The molecule has 1 atom stereocenters. The third-order valence-electron chi connectivity index (χ3n) is 4.63. The van der Waals surface area contributed by atoms with Crippen molar-refractivity contribution in [3.63, 3.8) is 0 Å². The van der Waals surface area contributed by atoms with Gasteiger partial charge in [-0.05, 0) is 25.0 Å². The molecule has 2 N–H and O–H groups in total. The zero-order valence-corrected chi connectivity index (χ0v) is 15.3. The summed E-state index contributed by atoms with van der Waals surface area (Å²) in [4.78, 5) is 48.7. The van der Waals surface area contributed by atoms with Gasteiger partial charge in [0.25, 0.3) is 11.6 Å². The van der Waals surface area contributed by atoms with Gasteiger partial charge >= 0.3 is 6.03 Å². The molecule has 9 nitrogen and oxygen atoms in total. The van der Waals surface area contributed by atoms with Crippen LogP contribution in [0.1, 0.15) is 18.1 Å². The Labute approximate surface area is 160 Å². The topological polar surface area (TPSA) is 122 Å². The first-order valence-corrected chi connectivity index (χ1v) is 8.47. The molecule has 1 saturated heterocycles. The predicted octanol–water partition coefficient (Wildman–Crippen LogP) is 2.31. The summed E-state index contributed by atoms with van der Waals surface area (Å²) in [6, 6.07) is 12.1. The number of aryl methyl sites for hydroxylation is 1. The first-order chi connectivity index (χ1) is 13.2. The van der Waals surface area contributed by atoms with Gasteiger partial charge < -0.3 is 10.6 Å². The molecule has 0 saturated carbocycles. The lowest BCUT2D eigenvalue weighted by Gasteiger charge is -2.22. The zero-order valence-electron chi connectivity index (χ0n) is 15.3. The van der Waals surface area contributed by atoms with Gasteiger partial charge in [-0.1, -0.05) is 36.4 Å². The summed E-state index contributed by atoms with van der Waals surface area (Å²) < 4.78 is 0. The fourth-order valence-electron chi connectivity index (χ4n) is 3.00. The minimum atomic E-state index is -1.26. The molecule has 0 aromatic heterocycles. The minimum Gasteiger partial charge on any atom is -0.324 e. The molecule has 9 heteroatoms. The van der Waals surface area contributed by atoms with Gasteiger partial charge in [0, 0.05) is 12.1 Å². The summed E-state index contributed by atoms with van der Waals surface area (Å²) in [7, 11) is 0. The number of nitro groups is 1. The van der Waals surface area contributed by atoms with E-state index < -0.39 is 34.9 Å².